The van der Waals surface area contributed by atoms with E-state index in [0.717, 1.165) is 11.1 Å². The van der Waals surface area contributed by atoms with Crippen LogP contribution in [0.3, 0.4) is 0 Å². The van der Waals surface area contributed by atoms with Gasteiger partial charge < -0.3 is 14.1 Å². The maximum Gasteiger partial charge on any atom is 0.290 e. The SMILES string of the molecule is COCCCN1C(=O)c2oc3cc(C)c(Cl)cc3c(=O)c2C1c1cccnc1. The van der Waals surface area contributed by atoms with Crippen molar-refractivity contribution < 1.29 is 13.9 Å². The highest BCUT2D eigenvalue weighted by Crippen LogP contribution is 2.38. The van der Waals surface area contributed by atoms with E-state index in [4.69, 9.17) is 20.8 Å². The fraction of sp³-hybridized carbons (Fsp3) is 0.286. The highest BCUT2D eigenvalue weighted by molar-refractivity contribution is 6.32. The third kappa shape index (κ3) is 2.99. The van der Waals surface area contributed by atoms with Crippen molar-refractivity contribution >= 4 is 28.5 Å². The van der Waals surface area contributed by atoms with Crippen molar-refractivity contribution in [1.29, 1.82) is 0 Å². The van der Waals surface area contributed by atoms with Gasteiger partial charge in [0.25, 0.3) is 5.91 Å². The Morgan fingerprint density at radius 3 is 2.86 bits per heavy atom. The topological polar surface area (TPSA) is 72.6 Å². The van der Waals surface area contributed by atoms with Crippen molar-refractivity contribution in [2.24, 2.45) is 0 Å². The molecule has 0 saturated carbocycles. The number of aryl methyl sites for hydroxylation is 1. The molecule has 0 spiro atoms. The Morgan fingerprint density at radius 1 is 1.32 bits per heavy atom. The summed E-state index contributed by atoms with van der Waals surface area (Å²) >= 11 is 6.22. The van der Waals surface area contributed by atoms with Crippen molar-refractivity contribution in [3.63, 3.8) is 0 Å². The van der Waals surface area contributed by atoms with Gasteiger partial charge in [-0.1, -0.05) is 17.7 Å². The van der Waals surface area contributed by atoms with E-state index in [-0.39, 0.29) is 17.1 Å². The molecule has 0 bridgehead atoms. The lowest BCUT2D eigenvalue weighted by molar-refractivity contribution is 0.0707. The molecule has 0 radical (unpaired) electrons. The number of rotatable bonds is 5. The van der Waals surface area contributed by atoms with Crippen LogP contribution in [0.2, 0.25) is 5.02 Å². The lowest BCUT2D eigenvalue weighted by atomic mass is 9.99. The first-order chi connectivity index (χ1) is 13.5. The van der Waals surface area contributed by atoms with Crippen LogP contribution in [-0.2, 0) is 4.74 Å². The van der Waals surface area contributed by atoms with E-state index >= 15 is 0 Å². The minimum Gasteiger partial charge on any atom is -0.450 e. The molecule has 3 heterocycles. The maximum absolute atomic E-state index is 13.3. The number of aromatic nitrogens is 1. The number of benzene rings is 1. The number of hydrogen-bond donors (Lipinski definition) is 0. The zero-order valence-corrected chi connectivity index (χ0v) is 16.3. The first-order valence-electron chi connectivity index (χ1n) is 8.99. The van der Waals surface area contributed by atoms with Gasteiger partial charge in [-0.2, -0.15) is 0 Å². The van der Waals surface area contributed by atoms with Gasteiger partial charge in [-0.15, -0.1) is 0 Å². The Hall–Kier alpha value is -2.70. The molecule has 7 heteroatoms. The standard InChI is InChI=1S/C21H19ClN2O4/c1-12-9-16-14(10-15(12)22)19(25)17-18(13-5-3-6-23-11-13)24(7-4-8-27-2)21(26)20(17)28-16/h3,5-6,9-11,18H,4,7-8H2,1-2H3. The van der Waals surface area contributed by atoms with Gasteiger partial charge in [0, 0.05) is 37.7 Å². The summed E-state index contributed by atoms with van der Waals surface area (Å²) in [6.07, 6.45) is 3.97. The zero-order chi connectivity index (χ0) is 19.8. The van der Waals surface area contributed by atoms with E-state index in [0.29, 0.717) is 41.1 Å². The summed E-state index contributed by atoms with van der Waals surface area (Å²) in [5.74, 6) is -0.211. The lowest BCUT2D eigenvalue weighted by Gasteiger charge is -2.24. The molecular weight excluding hydrogens is 380 g/mol. The second kappa shape index (κ2) is 7.37. The summed E-state index contributed by atoms with van der Waals surface area (Å²) in [5.41, 5.74) is 2.00. The van der Waals surface area contributed by atoms with Crippen LogP contribution in [0.25, 0.3) is 11.0 Å². The van der Waals surface area contributed by atoms with Crippen molar-refractivity contribution in [3.8, 4) is 0 Å². The Balaban J connectivity index is 1.93. The predicted octanol–water partition coefficient (Wildman–Crippen LogP) is 3.73. The number of hydrogen-bond acceptors (Lipinski definition) is 5. The first-order valence-corrected chi connectivity index (χ1v) is 9.37. The number of amides is 1. The first kappa shape index (κ1) is 18.7. The molecule has 144 valence electrons. The zero-order valence-electron chi connectivity index (χ0n) is 15.6. The van der Waals surface area contributed by atoms with Crippen LogP contribution < -0.4 is 5.43 Å². The van der Waals surface area contributed by atoms with Crippen LogP contribution in [0, 0.1) is 6.92 Å². The largest absolute Gasteiger partial charge is 0.450 e. The molecular formula is C21H19ClN2O4. The minimum absolute atomic E-state index is 0.0884. The number of pyridine rings is 1. The number of carbonyl (C=O) groups is 1. The molecule has 1 aliphatic heterocycles. The van der Waals surface area contributed by atoms with Gasteiger partial charge in [0.1, 0.15) is 5.58 Å². The molecule has 1 atom stereocenters. The average Bonchev–Trinajstić information content (AvgIpc) is 2.97. The van der Waals surface area contributed by atoms with Crippen LogP contribution in [0.5, 0.6) is 0 Å². The van der Waals surface area contributed by atoms with Crippen LogP contribution >= 0.6 is 11.6 Å². The van der Waals surface area contributed by atoms with Gasteiger partial charge in [-0.3, -0.25) is 14.6 Å². The number of fused-ring (bicyclic) bond motifs is 2. The number of halogens is 1. The van der Waals surface area contributed by atoms with Crippen LogP contribution in [0.1, 0.15) is 39.7 Å². The third-order valence-electron chi connectivity index (χ3n) is 4.99. The highest BCUT2D eigenvalue weighted by atomic mass is 35.5. The molecule has 1 amide bonds. The lowest BCUT2D eigenvalue weighted by Crippen LogP contribution is -2.31. The quantitative estimate of drug-likeness (QED) is 0.612. The summed E-state index contributed by atoms with van der Waals surface area (Å²) in [5, 5.41) is 0.855. The Labute approximate surface area is 166 Å². The summed E-state index contributed by atoms with van der Waals surface area (Å²) < 4.78 is 11.0. The van der Waals surface area contributed by atoms with Gasteiger partial charge in [-0.05, 0) is 42.7 Å². The monoisotopic (exact) mass is 398 g/mol. The molecule has 1 aromatic carbocycles. The highest BCUT2D eigenvalue weighted by Gasteiger charge is 2.42. The summed E-state index contributed by atoms with van der Waals surface area (Å²) in [6, 6.07) is 6.40. The number of carbonyl (C=O) groups excluding carboxylic acids is 1. The molecule has 0 aliphatic carbocycles. The Kier molecular flexibility index (Phi) is 4.91. The molecule has 1 unspecified atom stereocenters. The van der Waals surface area contributed by atoms with Crippen molar-refractivity contribution in [1.82, 2.24) is 9.88 Å². The molecule has 0 fully saturated rings. The summed E-state index contributed by atoms with van der Waals surface area (Å²) in [7, 11) is 1.61. The van der Waals surface area contributed by atoms with Gasteiger partial charge in [0.2, 0.25) is 5.76 Å². The molecule has 4 rings (SSSR count). The minimum atomic E-state index is -0.547. The van der Waals surface area contributed by atoms with Crippen molar-refractivity contribution in [2.45, 2.75) is 19.4 Å². The second-order valence-corrected chi connectivity index (χ2v) is 7.21. The van der Waals surface area contributed by atoms with Gasteiger partial charge in [0.05, 0.1) is 17.0 Å². The number of methoxy groups -OCH3 is 1. The third-order valence-corrected chi connectivity index (χ3v) is 5.40. The van der Waals surface area contributed by atoms with Gasteiger partial charge in [-0.25, -0.2) is 0 Å². The van der Waals surface area contributed by atoms with Crippen LogP contribution in [-0.4, -0.2) is 36.1 Å². The van der Waals surface area contributed by atoms with E-state index in [2.05, 4.69) is 4.98 Å². The Bertz CT molecular complexity index is 1110. The summed E-state index contributed by atoms with van der Waals surface area (Å²) in [6.45, 7) is 2.77. The van der Waals surface area contributed by atoms with Crippen molar-refractivity contribution in [3.05, 3.63) is 74.4 Å². The average molecular weight is 399 g/mol. The molecule has 3 aromatic rings. The normalized spacial score (nSPS) is 16.0. The van der Waals surface area contributed by atoms with E-state index in [1.165, 1.54) is 0 Å². The van der Waals surface area contributed by atoms with Gasteiger partial charge >= 0.3 is 0 Å². The van der Waals surface area contributed by atoms with Crippen LogP contribution in [0.4, 0.5) is 0 Å². The smallest absolute Gasteiger partial charge is 0.290 e. The fourth-order valence-corrected chi connectivity index (χ4v) is 3.80. The molecule has 2 aromatic heterocycles. The van der Waals surface area contributed by atoms with E-state index in [1.54, 1.807) is 42.6 Å². The van der Waals surface area contributed by atoms with E-state index < -0.39 is 6.04 Å². The van der Waals surface area contributed by atoms with E-state index in [9.17, 15) is 9.59 Å². The van der Waals surface area contributed by atoms with Crippen molar-refractivity contribution in [2.75, 3.05) is 20.3 Å². The van der Waals surface area contributed by atoms with Gasteiger partial charge in [0.15, 0.2) is 5.43 Å². The van der Waals surface area contributed by atoms with E-state index in [1.807, 2.05) is 13.0 Å². The number of ether oxygens (including phenoxy) is 1. The molecule has 28 heavy (non-hydrogen) atoms. The maximum atomic E-state index is 13.3. The summed E-state index contributed by atoms with van der Waals surface area (Å²) in [4.78, 5) is 32.3. The van der Waals surface area contributed by atoms with Crippen LogP contribution in [0.15, 0.2) is 45.9 Å². The molecule has 0 saturated heterocycles. The number of nitrogens with zero attached hydrogens (tertiary/aromatic N) is 2. The molecule has 1 aliphatic rings. The Morgan fingerprint density at radius 2 is 2.14 bits per heavy atom. The second-order valence-electron chi connectivity index (χ2n) is 6.81. The predicted molar refractivity (Wildman–Crippen MR) is 106 cm³/mol. The fourth-order valence-electron chi connectivity index (χ4n) is 3.63. The molecule has 6 nitrogen and oxygen atoms in total. The molecule has 0 N–H and O–H groups in total.